The van der Waals surface area contributed by atoms with Crippen LogP contribution in [0.2, 0.25) is 10.0 Å². The number of para-hydroxylation sites is 1. The third kappa shape index (κ3) is 4.68. The average Bonchev–Trinajstić information content (AvgIpc) is 2.67. The van der Waals surface area contributed by atoms with E-state index in [1.54, 1.807) is 48.5 Å². The third-order valence-corrected chi connectivity index (χ3v) is 4.45. The van der Waals surface area contributed by atoms with Crippen LogP contribution in [0.3, 0.4) is 0 Å². The molecule has 134 valence electrons. The molecule has 2 nitrogen and oxygen atoms in total. The molecule has 0 aliphatic rings. The molecule has 0 aromatic heterocycles. The van der Waals surface area contributed by atoms with Crippen LogP contribution >= 0.6 is 23.2 Å². The smallest absolute Gasteiger partial charge is 0.129 e. The van der Waals surface area contributed by atoms with E-state index in [0.29, 0.717) is 38.1 Å². The number of benzene rings is 3. The fraction of sp³-hybridized carbons (Fsp3) is 0.0455. The lowest BCUT2D eigenvalue weighted by molar-refractivity contribution is 0.299. The first-order chi connectivity index (χ1) is 13.1. The summed E-state index contributed by atoms with van der Waals surface area (Å²) in [6.45, 7) is 0.0844. The van der Waals surface area contributed by atoms with Crippen molar-refractivity contribution in [2.24, 2.45) is 0 Å². The summed E-state index contributed by atoms with van der Waals surface area (Å²) in [5.41, 5.74) is 2.10. The van der Waals surface area contributed by atoms with E-state index in [9.17, 15) is 9.65 Å². The summed E-state index contributed by atoms with van der Waals surface area (Å²) in [5.74, 6) is 0.217. The van der Waals surface area contributed by atoms with Gasteiger partial charge in [0.05, 0.1) is 16.7 Å². The van der Waals surface area contributed by atoms with Crippen LogP contribution in [0.1, 0.15) is 16.7 Å². The van der Waals surface area contributed by atoms with Crippen LogP contribution in [0.25, 0.3) is 11.6 Å². The average molecular weight is 398 g/mol. The number of nitriles is 1. The minimum absolute atomic E-state index is 0.0844. The van der Waals surface area contributed by atoms with E-state index in [-0.39, 0.29) is 12.4 Å². The highest BCUT2D eigenvalue weighted by Gasteiger charge is 2.10. The number of allylic oxidation sites excluding steroid dienone is 1. The number of halogens is 3. The van der Waals surface area contributed by atoms with Crippen molar-refractivity contribution in [2.45, 2.75) is 6.61 Å². The minimum Gasteiger partial charge on any atom is -0.488 e. The van der Waals surface area contributed by atoms with E-state index in [0.717, 1.165) is 0 Å². The molecule has 3 rings (SSSR count). The van der Waals surface area contributed by atoms with Crippen molar-refractivity contribution in [3.63, 3.8) is 0 Å². The highest BCUT2D eigenvalue weighted by atomic mass is 35.5. The van der Waals surface area contributed by atoms with Crippen molar-refractivity contribution in [1.82, 2.24) is 0 Å². The predicted molar refractivity (Wildman–Crippen MR) is 107 cm³/mol. The Morgan fingerprint density at radius 1 is 1.04 bits per heavy atom. The van der Waals surface area contributed by atoms with Crippen molar-refractivity contribution < 1.29 is 9.13 Å². The van der Waals surface area contributed by atoms with Gasteiger partial charge in [-0.25, -0.2) is 4.39 Å². The Hall–Kier alpha value is -2.80. The fourth-order valence-electron chi connectivity index (χ4n) is 2.54. The summed E-state index contributed by atoms with van der Waals surface area (Å²) in [5, 5.41) is 10.5. The molecule has 0 saturated heterocycles. The van der Waals surface area contributed by atoms with E-state index < -0.39 is 0 Å². The Balaban J connectivity index is 1.91. The van der Waals surface area contributed by atoms with Gasteiger partial charge >= 0.3 is 0 Å². The Morgan fingerprint density at radius 3 is 2.52 bits per heavy atom. The molecule has 0 amide bonds. The van der Waals surface area contributed by atoms with Crippen molar-refractivity contribution >= 4 is 34.9 Å². The molecule has 0 fully saturated rings. The lowest BCUT2D eigenvalue weighted by Gasteiger charge is -2.11. The molecule has 0 aliphatic heterocycles. The summed E-state index contributed by atoms with van der Waals surface area (Å²) in [7, 11) is 0. The van der Waals surface area contributed by atoms with Crippen LogP contribution < -0.4 is 4.74 Å². The van der Waals surface area contributed by atoms with E-state index >= 15 is 0 Å². The number of rotatable bonds is 5. The lowest BCUT2D eigenvalue weighted by atomic mass is 10.0. The molecule has 3 aromatic carbocycles. The molecule has 0 saturated carbocycles. The SMILES string of the molecule is N#C/C(=C\c1ccccc1OCc1ccccc1F)c1ccc(Cl)cc1Cl. The zero-order valence-corrected chi connectivity index (χ0v) is 15.6. The van der Waals surface area contributed by atoms with Gasteiger partial charge in [-0.1, -0.05) is 65.7 Å². The van der Waals surface area contributed by atoms with Crippen molar-refractivity contribution in [2.75, 3.05) is 0 Å². The molecule has 0 radical (unpaired) electrons. The third-order valence-electron chi connectivity index (χ3n) is 3.90. The van der Waals surface area contributed by atoms with Gasteiger partial charge in [0.1, 0.15) is 18.2 Å². The second-order valence-electron chi connectivity index (χ2n) is 5.71. The van der Waals surface area contributed by atoms with Gasteiger partial charge in [-0.15, -0.1) is 0 Å². The Bertz CT molecular complexity index is 1040. The van der Waals surface area contributed by atoms with Gasteiger partial charge in [0.2, 0.25) is 0 Å². The molecule has 5 heteroatoms. The van der Waals surface area contributed by atoms with Crippen LogP contribution in [-0.4, -0.2) is 0 Å². The van der Waals surface area contributed by atoms with E-state index in [2.05, 4.69) is 6.07 Å². The lowest BCUT2D eigenvalue weighted by Crippen LogP contribution is -1.99. The molecular weight excluding hydrogens is 384 g/mol. The molecule has 0 heterocycles. The van der Waals surface area contributed by atoms with Crippen molar-refractivity contribution in [1.29, 1.82) is 5.26 Å². The van der Waals surface area contributed by atoms with E-state index in [1.165, 1.54) is 6.07 Å². The Morgan fingerprint density at radius 2 is 1.78 bits per heavy atom. The number of hydrogen-bond acceptors (Lipinski definition) is 2. The molecule has 0 N–H and O–H groups in total. The summed E-state index contributed by atoms with van der Waals surface area (Å²) < 4.78 is 19.6. The molecule has 0 bridgehead atoms. The summed E-state index contributed by atoms with van der Waals surface area (Å²) in [4.78, 5) is 0. The molecular formula is C22H14Cl2FNO. The molecule has 0 spiro atoms. The molecule has 0 aliphatic carbocycles. The molecule has 0 unspecified atom stereocenters. The second-order valence-corrected chi connectivity index (χ2v) is 6.56. The number of nitrogens with zero attached hydrogens (tertiary/aromatic N) is 1. The highest BCUT2D eigenvalue weighted by Crippen LogP contribution is 2.30. The van der Waals surface area contributed by atoms with Crippen LogP contribution in [0.5, 0.6) is 5.75 Å². The summed E-state index contributed by atoms with van der Waals surface area (Å²) in [6.07, 6.45) is 1.69. The van der Waals surface area contributed by atoms with Crippen LogP contribution in [0.15, 0.2) is 66.7 Å². The van der Waals surface area contributed by atoms with Gasteiger partial charge in [-0.05, 0) is 30.3 Å². The normalized spacial score (nSPS) is 11.1. The van der Waals surface area contributed by atoms with E-state index in [1.807, 2.05) is 18.2 Å². The first-order valence-electron chi connectivity index (χ1n) is 8.11. The van der Waals surface area contributed by atoms with Gasteiger partial charge < -0.3 is 4.74 Å². The van der Waals surface area contributed by atoms with E-state index in [4.69, 9.17) is 27.9 Å². The highest BCUT2D eigenvalue weighted by molar-refractivity contribution is 6.36. The molecule has 0 atom stereocenters. The maximum atomic E-state index is 13.8. The maximum absolute atomic E-state index is 13.8. The first-order valence-corrected chi connectivity index (χ1v) is 8.86. The quantitative estimate of drug-likeness (QED) is 0.351. The van der Waals surface area contributed by atoms with Crippen LogP contribution in [-0.2, 0) is 6.61 Å². The standard InChI is InChI=1S/C22H14Cl2FNO/c23-18-9-10-19(20(24)12-18)17(13-26)11-15-5-2-4-8-22(15)27-14-16-6-1-3-7-21(16)25/h1-12H,14H2/b17-11+. The van der Waals surface area contributed by atoms with Crippen LogP contribution in [0.4, 0.5) is 4.39 Å². The predicted octanol–water partition coefficient (Wildman–Crippen LogP) is 6.78. The topological polar surface area (TPSA) is 33.0 Å². The Labute approximate surface area is 167 Å². The number of hydrogen-bond donors (Lipinski definition) is 0. The zero-order valence-electron chi connectivity index (χ0n) is 14.1. The molecule has 27 heavy (non-hydrogen) atoms. The van der Waals surface area contributed by atoms with Gasteiger partial charge in [0.25, 0.3) is 0 Å². The first kappa shape index (κ1) is 19.0. The second kappa shape index (κ2) is 8.73. The van der Waals surface area contributed by atoms with Gasteiger partial charge in [-0.3, -0.25) is 0 Å². The van der Waals surface area contributed by atoms with Gasteiger partial charge in [0, 0.05) is 21.7 Å². The summed E-state index contributed by atoms with van der Waals surface area (Å²) >= 11 is 12.1. The summed E-state index contributed by atoms with van der Waals surface area (Å²) in [6, 6.07) is 20.8. The minimum atomic E-state index is -0.323. The zero-order chi connectivity index (χ0) is 19.2. The van der Waals surface area contributed by atoms with Crippen molar-refractivity contribution in [3.05, 3.63) is 99.3 Å². The fourth-order valence-corrected chi connectivity index (χ4v) is 3.05. The number of ether oxygens (including phenoxy) is 1. The van der Waals surface area contributed by atoms with Gasteiger partial charge in [-0.2, -0.15) is 5.26 Å². The largest absolute Gasteiger partial charge is 0.488 e. The van der Waals surface area contributed by atoms with Gasteiger partial charge in [0.15, 0.2) is 0 Å². The van der Waals surface area contributed by atoms with Crippen LogP contribution in [0, 0.1) is 17.1 Å². The maximum Gasteiger partial charge on any atom is 0.129 e. The Kier molecular flexibility index (Phi) is 6.13. The monoisotopic (exact) mass is 397 g/mol. The molecule has 3 aromatic rings. The van der Waals surface area contributed by atoms with Crippen molar-refractivity contribution in [3.8, 4) is 11.8 Å².